The molecule has 10 N–H and O–H groups in total. The van der Waals surface area contributed by atoms with E-state index < -0.39 is 0 Å². The summed E-state index contributed by atoms with van der Waals surface area (Å²) in [7, 11) is 0. The van der Waals surface area contributed by atoms with E-state index in [-0.39, 0.29) is 37.2 Å². The minimum Gasteiger partial charge on any atom is -0.491 e. The molecule has 0 saturated heterocycles. The van der Waals surface area contributed by atoms with E-state index in [1.807, 2.05) is 24.3 Å². The first-order valence-electron chi connectivity index (χ1n) is 15.0. The first-order chi connectivity index (χ1) is 24.6. The summed E-state index contributed by atoms with van der Waals surface area (Å²) >= 11 is 0. The summed E-state index contributed by atoms with van der Waals surface area (Å²) < 4.78 is 34.7. The summed E-state index contributed by atoms with van der Waals surface area (Å²) in [5, 5.41) is 43.3. The number of carbonyl (C=O) groups is 3. The molecule has 17 heteroatoms. The second kappa shape index (κ2) is 28.9. The van der Waals surface area contributed by atoms with Gasteiger partial charge in [0, 0.05) is 16.8 Å². The molecule has 1 atom stereocenters. The zero-order valence-corrected chi connectivity index (χ0v) is 28.1. The predicted octanol–water partition coefficient (Wildman–Crippen LogP) is 2.70. The molecular formula is C34H45N5O12. The maximum Gasteiger partial charge on any atom is 0.290 e. The molecule has 0 heterocycles. The summed E-state index contributed by atoms with van der Waals surface area (Å²) in [6, 6.07) is 21.3. The number of hydrogen-bond donors (Lipinski definition) is 8. The zero-order chi connectivity index (χ0) is 38.3. The van der Waals surface area contributed by atoms with E-state index in [9.17, 15) is 0 Å². The van der Waals surface area contributed by atoms with Crippen LogP contribution in [0.5, 0.6) is 17.2 Å². The van der Waals surface area contributed by atoms with E-state index >= 15 is 0 Å². The topological polar surface area (TPSA) is 291 Å². The molecule has 0 spiro atoms. The van der Waals surface area contributed by atoms with Gasteiger partial charge in [-0.1, -0.05) is 0 Å². The summed E-state index contributed by atoms with van der Waals surface area (Å²) in [5.74, 6) is 2.04. The highest BCUT2D eigenvalue weighted by Gasteiger charge is 2.11. The monoisotopic (exact) mass is 715 g/mol. The van der Waals surface area contributed by atoms with Gasteiger partial charge in [-0.25, -0.2) is 0 Å². The Morgan fingerprint density at radius 2 is 0.863 bits per heavy atom. The molecule has 0 amide bonds. The van der Waals surface area contributed by atoms with Crippen LogP contribution in [0.15, 0.2) is 72.8 Å². The lowest BCUT2D eigenvalue weighted by Crippen LogP contribution is -2.29. The van der Waals surface area contributed by atoms with Crippen molar-refractivity contribution in [3.8, 4) is 17.2 Å². The smallest absolute Gasteiger partial charge is 0.290 e. The van der Waals surface area contributed by atoms with Crippen LogP contribution in [0.25, 0.3) is 0 Å². The largest absolute Gasteiger partial charge is 0.491 e. The minimum atomic E-state index is -0.335. The molecule has 0 aromatic heterocycles. The van der Waals surface area contributed by atoms with Gasteiger partial charge in [-0.15, -0.1) is 0 Å². The Hall–Kier alpha value is -6.04. The molecule has 17 nitrogen and oxygen atoms in total. The Labute approximate surface area is 295 Å². The van der Waals surface area contributed by atoms with Crippen molar-refractivity contribution in [3.05, 3.63) is 89.5 Å². The van der Waals surface area contributed by atoms with Crippen LogP contribution < -0.4 is 25.7 Å². The van der Waals surface area contributed by atoms with Gasteiger partial charge in [0.15, 0.2) is 0 Å². The Balaban J connectivity index is 0.00000251. The van der Waals surface area contributed by atoms with E-state index in [0.29, 0.717) is 86.9 Å². The lowest BCUT2D eigenvalue weighted by molar-refractivity contribution is -0.123. The molecule has 0 bridgehead atoms. The van der Waals surface area contributed by atoms with E-state index in [1.165, 1.54) is 0 Å². The van der Waals surface area contributed by atoms with Crippen molar-refractivity contribution in [2.75, 3.05) is 52.9 Å². The molecule has 3 aromatic carbocycles. The molecule has 0 saturated carbocycles. The molecule has 0 fully saturated rings. The van der Waals surface area contributed by atoms with E-state index in [1.54, 1.807) is 55.5 Å². The third-order valence-electron chi connectivity index (χ3n) is 5.92. The number of benzene rings is 3. The Kier molecular flexibility index (Phi) is 25.5. The van der Waals surface area contributed by atoms with Gasteiger partial charge in [0.2, 0.25) is 0 Å². The molecule has 1 unspecified atom stereocenters. The van der Waals surface area contributed by atoms with Gasteiger partial charge in [-0.05, 0) is 85.3 Å². The molecule has 0 aliphatic heterocycles. The van der Waals surface area contributed by atoms with Gasteiger partial charge in [0.25, 0.3) is 19.4 Å². The maximum absolute atomic E-state index is 8.36. The number of nitrogens with one attached hydrogen (secondary N) is 3. The Bertz CT molecular complexity index is 1340. The number of rotatable bonds is 20. The zero-order valence-electron chi connectivity index (χ0n) is 28.1. The van der Waals surface area contributed by atoms with Crippen LogP contribution in [0.1, 0.15) is 23.6 Å². The predicted molar refractivity (Wildman–Crippen MR) is 188 cm³/mol. The lowest BCUT2D eigenvalue weighted by atomic mass is 10.1. The fourth-order valence-corrected chi connectivity index (χ4v) is 3.65. The van der Waals surface area contributed by atoms with Crippen LogP contribution in [-0.2, 0) is 28.6 Å². The van der Waals surface area contributed by atoms with Crippen molar-refractivity contribution >= 4 is 36.8 Å². The molecule has 0 radical (unpaired) electrons. The van der Waals surface area contributed by atoms with Gasteiger partial charge >= 0.3 is 0 Å². The van der Waals surface area contributed by atoms with Crippen LogP contribution in [0.4, 0.5) is 0 Å². The second-order valence-electron chi connectivity index (χ2n) is 9.53. The summed E-state index contributed by atoms with van der Waals surface area (Å²) in [4.78, 5) is 25.1. The molecule has 3 rings (SSSR count). The number of hydrogen-bond acceptors (Lipinski definition) is 12. The quantitative estimate of drug-likeness (QED) is 0.0361. The van der Waals surface area contributed by atoms with Crippen LogP contribution in [0.3, 0.4) is 0 Å². The lowest BCUT2D eigenvalue weighted by Gasteiger charge is -2.19. The SMILES string of the molecule is CC(=N)c1ccc(OCCOCC(COCCOc2ccc(C(=N)N)cc2)OCCOc2ccc(C(=N)N)cc2)cc1.O=CO.O=CO.O=CO. The highest BCUT2D eigenvalue weighted by molar-refractivity contribution is 5.96. The van der Waals surface area contributed by atoms with Crippen molar-refractivity contribution in [2.45, 2.75) is 13.0 Å². The van der Waals surface area contributed by atoms with Gasteiger partial charge in [-0.2, -0.15) is 0 Å². The summed E-state index contributed by atoms with van der Waals surface area (Å²) in [6.45, 7) is 3.66. The van der Waals surface area contributed by atoms with Crippen molar-refractivity contribution < 1.29 is 58.1 Å². The number of amidine groups is 2. The molecule has 0 aliphatic carbocycles. The van der Waals surface area contributed by atoms with Gasteiger partial charge in [-0.3, -0.25) is 25.2 Å². The molecule has 51 heavy (non-hydrogen) atoms. The van der Waals surface area contributed by atoms with Crippen LogP contribution in [0.2, 0.25) is 0 Å². The van der Waals surface area contributed by atoms with Gasteiger partial charge in [0.05, 0.1) is 33.0 Å². The number of ether oxygens (including phenoxy) is 6. The van der Waals surface area contributed by atoms with Crippen molar-refractivity contribution in [1.82, 2.24) is 0 Å². The number of nitrogen functional groups attached to an aromatic ring is 2. The number of nitrogens with two attached hydrogens (primary N) is 2. The van der Waals surface area contributed by atoms with Crippen molar-refractivity contribution in [2.24, 2.45) is 11.5 Å². The first-order valence-corrected chi connectivity index (χ1v) is 15.0. The highest BCUT2D eigenvalue weighted by atomic mass is 16.6. The summed E-state index contributed by atoms with van der Waals surface area (Å²) in [6.07, 6.45) is -0.335. The molecule has 3 aromatic rings. The fraction of sp³-hybridized carbons (Fsp3) is 0.294. The van der Waals surface area contributed by atoms with Crippen molar-refractivity contribution in [3.63, 3.8) is 0 Å². The fourth-order valence-electron chi connectivity index (χ4n) is 3.65. The average molecular weight is 716 g/mol. The molecule has 278 valence electrons. The standard InChI is InChI=1S/C31H39N5O6.3CH2O2/c1-22(32)23-2-8-26(9-3-23)39-16-14-37-20-29(42-19-18-41-28-12-6-25(7-13-28)31(35)36)21-38-15-17-40-27-10-4-24(5-11-27)30(33)34;3*2-1-3/h2-13,29,32H,14-21H2,1H3,(H3,33,34)(H3,35,36);3*1H,(H,2,3). The van der Waals surface area contributed by atoms with Gasteiger partial charge in [0.1, 0.15) is 54.8 Å². The normalized spacial score (nSPS) is 10.1. The van der Waals surface area contributed by atoms with E-state index in [4.69, 9.17) is 85.8 Å². The second-order valence-corrected chi connectivity index (χ2v) is 9.53. The van der Waals surface area contributed by atoms with E-state index in [2.05, 4.69) is 0 Å². The summed E-state index contributed by atoms with van der Waals surface area (Å²) in [5.41, 5.74) is 13.6. The van der Waals surface area contributed by atoms with Crippen LogP contribution >= 0.6 is 0 Å². The van der Waals surface area contributed by atoms with Gasteiger partial charge < -0.3 is 60.6 Å². The van der Waals surface area contributed by atoms with Crippen LogP contribution in [0, 0.1) is 16.2 Å². The highest BCUT2D eigenvalue weighted by Crippen LogP contribution is 2.14. The third kappa shape index (κ3) is 22.3. The van der Waals surface area contributed by atoms with E-state index in [0.717, 1.165) is 5.56 Å². The Morgan fingerprint density at radius 3 is 1.16 bits per heavy atom. The number of carboxylic acid groups (broad SMARTS) is 3. The molecule has 0 aliphatic rings. The third-order valence-corrected chi connectivity index (χ3v) is 5.92. The van der Waals surface area contributed by atoms with Crippen LogP contribution in [-0.4, -0.2) is 111 Å². The first kappa shape index (κ1) is 45.0. The maximum atomic E-state index is 8.36. The minimum absolute atomic E-state index is 0.00481. The van der Waals surface area contributed by atoms with Crippen molar-refractivity contribution in [1.29, 1.82) is 16.2 Å². The average Bonchev–Trinajstić information content (AvgIpc) is 3.11. The molecular weight excluding hydrogens is 670 g/mol. The Morgan fingerprint density at radius 1 is 0.569 bits per heavy atom.